The minimum absolute atomic E-state index is 0.0444. The van der Waals surface area contributed by atoms with Gasteiger partial charge in [0, 0.05) is 6.07 Å². The Morgan fingerprint density at radius 2 is 2.00 bits per heavy atom. The maximum atomic E-state index is 11.0. The molecule has 20 heavy (non-hydrogen) atoms. The summed E-state index contributed by atoms with van der Waals surface area (Å²) in [6.07, 6.45) is 4.29. The van der Waals surface area contributed by atoms with Gasteiger partial charge in [0.05, 0.1) is 17.1 Å². The van der Waals surface area contributed by atoms with Gasteiger partial charge >= 0.3 is 5.69 Å². The van der Waals surface area contributed by atoms with Crippen molar-refractivity contribution in [1.29, 1.82) is 0 Å². The molecule has 0 radical (unpaired) electrons. The molecule has 2 rings (SSSR count). The van der Waals surface area contributed by atoms with Gasteiger partial charge in [-0.25, -0.2) is 0 Å². The second kappa shape index (κ2) is 6.19. The lowest BCUT2D eigenvalue weighted by molar-refractivity contribution is -0.386. The summed E-state index contributed by atoms with van der Waals surface area (Å²) in [5, 5.41) is 30.4. The number of hydrogen-bond acceptors (Lipinski definition) is 5. The van der Waals surface area contributed by atoms with Gasteiger partial charge in [-0.1, -0.05) is 19.3 Å². The van der Waals surface area contributed by atoms with E-state index in [-0.39, 0.29) is 24.7 Å². The van der Waals surface area contributed by atoms with Crippen LogP contribution in [0.3, 0.4) is 0 Å². The first kappa shape index (κ1) is 14.7. The Balaban J connectivity index is 2.12. The van der Waals surface area contributed by atoms with Crippen LogP contribution in [-0.4, -0.2) is 27.3 Å². The van der Waals surface area contributed by atoms with Crippen molar-refractivity contribution in [3.05, 3.63) is 33.9 Å². The zero-order chi connectivity index (χ0) is 14.6. The zero-order valence-electron chi connectivity index (χ0n) is 11.2. The first-order valence-electron chi connectivity index (χ1n) is 6.77. The molecule has 1 aromatic rings. The van der Waals surface area contributed by atoms with Crippen LogP contribution in [-0.2, 0) is 6.61 Å². The molecule has 6 nitrogen and oxygen atoms in total. The maximum Gasteiger partial charge on any atom is 0.310 e. The molecular formula is C14H19NO5. The van der Waals surface area contributed by atoms with Gasteiger partial charge in [-0.3, -0.25) is 10.1 Å². The van der Waals surface area contributed by atoms with Crippen molar-refractivity contribution in [3.8, 4) is 5.75 Å². The number of hydrogen-bond donors (Lipinski definition) is 2. The van der Waals surface area contributed by atoms with Gasteiger partial charge in [0.25, 0.3) is 0 Å². The van der Waals surface area contributed by atoms with E-state index >= 15 is 0 Å². The molecule has 0 spiro atoms. The van der Waals surface area contributed by atoms with Crippen LogP contribution in [0.5, 0.6) is 5.75 Å². The molecule has 0 bridgehead atoms. The second-order valence-electron chi connectivity index (χ2n) is 5.29. The van der Waals surface area contributed by atoms with E-state index in [1.807, 2.05) is 0 Å². The van der Waals surface area contributed by atoms with Crippen LogP contribution < -0.4 is 4.74 Å². The molecule has 0 atom stereocenters. The molecule has 1 aliphatic rings. The van der Waals surface area contributed by atoms with Crippen molar-refractivity contribution < 1.29 is 19.9 Å². The summed E-state index contributed by atoms with van der Waals surface area (Å²) in [6.45, 7) is -0.165. The van der Waals surface area contributed by atoms with Crippen LogP contribution in [0.4, 0.5) is 5.69 Å². The van der Waals surface area contributed by atoms with Gasteiger partial charge in [0.1, 0.15) is 6.61 Å². The van der Waals surface area contributed by atoms with E-state index in [1.54, 1.807) is 0 Å². The number of nitrogens with zero attached hydrogens (tertiary/aromatic N) is 1. The van der Waals surface area contributed by atoms with Crippen LogP contribution in [0.2, 0.25) is 0 Å². The largest absolute Gasteiger partial charge is 0.484 e. The lowest BCUT2D eigenvalue weighted by Gasteiger charge is -2.31. The number of benzene rings is 1. The lowest BCUT2D eigenvalue weighted by atomic mass is 9.85. The van der Waals surface area contributed by atoms with E-state index in [0.717, 1.165) is 19.3 Å². The molecule has 0 heterocycles. The monoisotopic (exact) mass is 281 g/mol. The Hall–Kier alpha value is -1.66. The summed E-state index contributed by atoms with van der Waals surface area (Å²) in [5.41, 5.74) is -0.510. The summed E-state index contributed by atoms with van der Waals surface area (Å²) < 4.78 is 5.48. The zero-order valence-corrected chi connectivity index (χ0v) is 11.2. The molecule has 1 fully saturated rings. The minimum Gasteiger partial charge on any atom is -0.484 e. The SMILES string of the molecule is O=[N+]([O-])c1ccc(CO)cc1OCC1(O)CCCCC1. The van der Waals surface area contributed by atoms with Gasteiger partial charge in [-0.2, -0.15) is 0 Å². The van der Waals surface area contributed by atoms with Crippen molar-refractivity contribution >= 4 is 5.69 Å². The third kappa shape index (κ3) is 3.46. The van der Waals surface area contributed by atoms with Gasteiger partial charge in [0.15, 0.2) is 5.75 Å². The molecule has 0 amide bonds. The fraction of sp³-hybridized carbons (Fsp3) is 0.571. The number of nitro benzene ring substituents is 1. The Labute approximate surface area is 117 Å². The first-order valence-corrected chi connectivity index (χ1v) is 6.77. The van der Waals surface area contributed by atoms with Gasteiger partial charge in [-0.15, -0.1) is 0 Å². The second-order valence-corrected chi connectivity index (χ2v) is 5.29. The molecule has 0 unspecified atom stereocenters. The number of aliphatic hydroxyl groups excluding tert-OH is 1. The molecule has 1 aromatic carbocycles. The Morgan fingerprint density at radius 3 is 2.60 bits per heavy atom. The molecule has 0 aliphatic heterocycles. The van der Waals surface area contributed by atoms with Crippen LogP contribution in [0.1, 0.15) is 37.7 Å². The molecule has 2 N–H and O–H groups in total. The van der Waals surface area contributed by atoms with Crippen LogP contribution in [0, 0.1) is 10.1 Å². The molecule has 0 aromatic heterocycles. The maximum absolute atomic E-state index is 11.0. The number of ether oxygens (including phenoxy) is 1. The highest BCUT2D eigenvalue weighted by molar-refractivity contribution is 5.48. The normalized spacial score (nSPS) is 17.7. The highest BCUT2D eigenvalue weighted by atomic mass is 16.6. The van der Waals surface area contributed by atoms with Crippen molar-refractivity contribution in [2.75, 3.05) is 6.61 Å². The van der Waals surface area contributed by atoms with Crippen molar-refractivity contribution in [2.45, 2.75) is 44.3 Å². The fourth-order valence-corrected chi connectivity index (χ4v) is 2.49. The van der Waals surface area contributed by atoms with Crippen LogP contribution >= 0.6 is 0 Å². The molecule has 1 saturated carbocycles. The average Bonchev–Trinajstić information content (AvgIpc) is 2.45. The van der Waals surface area contributed by atoms with E-state index in [9.17, 15) is 15.2 Å². The van der Waals surface area contributed by atoms with E-state index in [0.29, 0.717) is 18.4 Å². The highest BCUT2D eigenvalue weighted by Crippen LogP contribution is 2.32. The standard InChI is InChI=1S/C14H19NO5/c16-9-11-4-5-12(15(18)19)13(8-11)20-10-14(17)6-2-1-3-7-14/h4-5,8,16-17H,1-3,6-7,9-10H2. The number of rotatable bonds is 5. The molecule has 6 heteroatoms. The minimum atomic E-state index is -0.901. The van der Waals surface area contributed by atoms with Crippen molar-refractivity contribution in [2.24, 2.45) is 0 Å². The van der Waals surface area contributed by atoms with Gasteiger partial charge < -0.3 is 14.9 Å². The van der Waals surface area contributed by atoms with Gasteiger partial charge in [0.2, 0.25) is 0 Å². The summed E-state index contributed by atoms with van der Waals surface area (Å²) in [7, 11) is 0. The summed E-state index contributed by atoms with van der Waals surface area (Å²) in [4.78, 5) is 10.4. The van der Waals surface area contributed by atoms with Crippen molar-refractivity contribution in [3.63, 3.8) is 0 Å². The van der Waals surface area contributed by atoms with Crippen LogP contribution in [0.15, 0.2) is 18.2 Å². The number of aliphatic hydroxyl groups is 2. The highest BCUT2D eigenvalue weighted by Gasteiger charge is 2.31. The van der Waals surface area contributed by atoms with E-state index in [1.165, 1.54) is 18.2 Å². The van der Waals surface area contributed by atoms with Crippen LogP contribution in [0.25, 0.3) is 0 Å². The Kier molecular flexibility index (Phi) is 4.57. The van der Waals surface area contributed by atoms with Gasteiger partial charge in [-0.05, 0) is 30.5 Å². The van der Waals surface area contributed by atoms with Crippen molar-refractivity contribution in [1.82, 2.24) is 0 Å². The average molecular weight is 281 g/mol. The molecular weight excluding hydrogens is 262 g/mol. The molecule has 1 aliphatic carbocycles. The Bertz CT molecular complexity index is 482. The lowest BCUT2D eigenvalue weighted by Crippen LogP contribution is -2.38. The fourth-order valence-electron chi connectivity index (χ4n) is 2.49. The summed E-state index contributed by atoms with van der Waals surface area (Å²) in [5.74, 6) is 0.0977. The van der Waals surface area contributed by atoms with E-state index in [2.05, 4.69) is 0 Å². The third-order valence-electron chi connectivity index (χ3n) is 3.68. The van der Waals surface area contributed by atoms with E-state index in [4.69, 9.17) is 9.84 Å². The topological polar surface area (TPSA) is 92.8 Å². The predicted molar refractivity (Wildman–Crippen MR) is 72.5 cm³/mol. The number of nitro groups is 1. The summed E-state index contributed by atoms with van der Waals surface area (Å²) >= 11 is 0. The quantitative estimate of drug-likeness (QED) is 0.637. The molecule has 110 valence electrons. The molecule has 0 saturated heterocycles. The third-order valence-corrected chi connectivity index (χ3v) is 3.68. The Morgan fingerprint density at radius 1 is 1.30 bits per heavy atom. The summed E-state index contributed by atoms with van der Waals surface area (Å²) in [6, 6.07) is 4.25. The van der Waals surface area contributed by atoms with E-state index < -0.39 is 10.5 Å². The predicted octanol–water partition coefficient (Wildman–Crippen LogP) is 2.16. The smallest absolute Gasteiger partial charge is 0.310 e. The first-order chi connectivity index (χ1) is 9.54.